The maximum atomic E-state index is 13.5. The van der Waals surface area contributed by atoms with Crippen LogP contribution in [0.5, 0.6) is 0 Å². The first-order valence-corrected chi connectivity index (χ1v) is 8.10. The van der Waals surface area contributed by atoms with E-state index in [1.807, 2.05) is 0 Å². The number of allylic oxidation sites excluding steroid dienone is 2. The highest BCUT2D eigenvalue weighted by molar-refractivity contribution is 6.35. The molecule has 1 aromatic carbocycles. The number of alkyl halides is 3. The number of halogens is 5. The zero-order valence-electron chi connectivity index (χ0n) is 13.3. The molecule has 0 radical (unpaired) electrons. The van der Waals surface area contributed by atoms with Crippen LogP contribution >= 0.6 is 23.2 Å². The van der Waals surface area contributed by atoms with Gasteiger partial charge in [0.05, 0.1) is 5.57 Å². The van der Waals surface area contributed by atoms with Crippen molar-refractivity contribution < 1.29 is 18.0 Å². The standard InChI is InChI=1S/C17H9Cl2F3N4O/c18-12-3-11(4-13(19)5-12)14(17(20,21)22)6-15(27)10-1-2-16(24-7-10)26-9-23-8-25-26/h1-9H. The van der Waals surface area contributed by atoms with Crippen LogP contribution < -0.4 is 0 Å². The van der Waals surface area contributed by atoms with Gasteiger partial charge in [-0.05, 0) is 42.0 Å². The van der Waals surface area contributed by atoms with Crippen molar-refractivity contribution in [1.29, 1.82) is 0 Å². The number of hydrogen-bond donors (Lipinski definition) is 0. The Morgan fingerprint density at radius 2 is 1.78 bits per heavy atom. The molecule has 0 aliphatic rings. The molecule has 0 spiro atoms. The Morgan fingerprint density at radius 1 is 1.07 bits per heavy atom. The average Bonchev–Trinajstić information content (AvgIpc) is 3.12. The third-order valence-electron chi connectivity index (χ3n) is 3.44. The van der Waals surface area contributed by atoms with Gasteiger partial charge in [0.15, 0.2) is 11.6 Å². The number of carbonyl (C=O) groups excluding carboxylic acids is 1. The van der Waals surface area contributed by atoms with E-state index in [1.54, 1.807) is 0 Å². The minimum Gasteiger partial charge on any atom is -0.289 e. The lowest BCUT2D eigenvalue weighted by Crippen LogP contribution is -2.13. The van der Waals surface area contributed by atoms with Gasteiger partial charge in [0, 0.05) is 21.8 Å². The molecule has 0 saturated carbocycles. The molecule has 0 aliphatic heterocycles. The third-order valence-corrected chi connectivity index (χ3v) is 3.88. The largest absolute Gasteiger partial charge is 0.417 e. The van der Waals surface area contributed by atoms with Crippen LogP contribution in [0.25, 0.3) is 11.4 Å². The first-order valence-electron chi connectivity index (χ1n) is 7.35. The second-order valence-corrected chi connectivity index (χ2v) is 6.20. The minimum atomic E-state index is -4.78. The van der Waals surface area contributed by atoms with Gasteiger partial charge in [-0.25, -0.2) is 14.6 Å². The highest BCUT2D eigenvalue weighted by atomic mass is 35.5. The number of hydrogen-bond acceptors (Lipinski definition) is 4. The van der Waals surface area contributed by atoms with Gasteiger partial charge < -0.3 is 0 Å². The van der Waals surface area contributed by atoms with Gasteiger partial charge >= 0.3 is 6.18 Å². The van der Waals surface area contributed by atoms with Crippen molar-refractivity contribution in [3.8, 4) is 5.82 Å². The maximum Gasteiger partial charge on any atom is 0.417 e. The van der Waals surface area contributed by atoms with Crippen LogP contribution in [0, 0.1) is 0 Å². The van der Waals surface area contributed by atoms with E-state index in [1.165, 1.54) is 35.5 Å². The smallest absolute Gasteiger partial charge is 0.289 e. The molecule has 0 N–H and O–H groups in total. The number of pyridine rings is 1. The van der Waals surface area contributed by atoms with E-state index in [0.717, 1.165) is 18.3 Å². The molecule has 10 heteroatoms. The van der Waals surface area contributed by atoms with Crippen molar-refractivity contribution >= 4 is 34.6 Å². The van der Waals surface area contributed by atoms with Gasteiger partial charge in [0.2, 0.25) is 0 Å². The molecule has 0 aliphatic carbocycles. The van der Waals surface area contributed by atoms with Gasteiger partial charge in [-0.3, -0.25) is 4.79 Å². The van der Waals surface area contributed by atoms with Crippen LogP contribution in [0.3, 0.4) is 0 Å². The fourth-order valence-electron chi connectivity index (χ4n) is 2.25. The summed E-state index contributed by atoms with van der Waals surface area (Å²) in [5.74, 6) is -0.498. The summed E-state index contributed by atoms with van der Waals surface area (Å²) in [4.78, 5) is 20.1. The Bertz CT molecular complexity index is 980. The summed E-state index contributed by atoms with van der Waals surface area (Å²) in [5.41, 5.74) is -1.48. The summed E-state index contributed by atoms with van der Waals surface area (Å²) in [5, 5.41) is 3.92. The fourth-order valence-corrected chi connectivity index (χ4v) is 2.77. The summed E-state index contributed by atoms with van der Waals surface area (Å²) >= 11 is 11.6. The van der Waals surface area contributed by atoms with E-state index in [9.17, 15) is 18.0 Å². The normalized spacial score (nSPS) is 12.3. The number of nitrogens with zero attached hydrogens (tertiary/aromatic N) is 4. The van der Waals surface area contributed by atoms with Crippen molar-refractivity contribution in [2.75, 3.05) is 0 Å². The summed E-state index contributed by atoms with van der Waals surface area (Å²) in [6.07, 6.45) is -0.426. The van der Waals surface area contributed by atoms with Crippen LogP contribution in [0.2, 0.25) is 10.0 Å². The molecule has 5 nitrogen and oxygen atoms in total. The summed E-state index contributed by atoms with van der Waals surface area (Å²) in [6.45, 7) is 0. The molecule has 3 rings (SSSR count). The Kier molecular flexibility index (Phi) is 5.29. The van der Waals surface area contributed by atoms with E-state index in [0.29, 0.717) is 11.9 Å². The van der Waals surface area contributed by atoms with Crippen molar-refractivity contribution in [3.05, 3.63) is 76.4 Å². The summed E-state index contributed by atoms with van der Waals surface area (Å²) < 4.78 is 41.7. The molecular formula is C17H9Cl2F3N4O. The van der Waals surface area contributed by atoms with Crippen molar-refractivity contribution in [1.82, 2.24) is 19.7 Å². The monoisotopic (exact) mass is 412 g/mol. The molecule has 0 unspecified atom stereocenters. The Morgan fingerprint density at radius 3 is 2.30 bits per heavy atom. The minimum absolute atomic E-state index is 0.0197. The maximum absolute atomic E-state index is 13.5. The highest BCUT2D eigenvalue weighted by Crippen LogP contribution is 2.36. The second-order valence-electron chi connectivity index (χ2n) is 5.32. The number of benzene rings is 1. The van der Waals surface area contributed by atoms with Gasteiger partial charge in [-0.2, -0.15) is 18.3 Å². The fraction of sp³-hybridized carbons (Fsp3) is 0.0588. The van der Waals surface area contributed by atoms with Crippen LogP contribution in [0.4, 0.5) is 13.2 Å². The van der Waals surface area contributed by atoms with Gasteiger partial charge in [-0.1, -0.05) is 23.2 Å². The van der Waals surface area contributed by atoms with E-state index in [4.69, 9.17) is 23.2 Å². The summed E-state index contributed by atoms with van der Waals surface area (Å²) in [7, 11) is 0. The topological polar surface area (TPSA) is 60.7 Å². The summed E-state index contributed by atoms with van der Waals surface area (Å²) in [6, 6.07) is 6.27. The molecule has 2 aromatic heterocycles. The first-order chi connectivity index (χ1) is 12.7. The highest BCUT2D eigenvalue weighted by Gasteiger charge is 2.35. The molecule has 0 fully saturated rings. The van der Waals surface area contributed by atoms with Gasteiger partial charge in [0.25, 0.3) is 0 Å². The zero-order valence-corrected chi connectivity index (χ0v) is 14.8. The Labute approximate surface area is 161 Å². The number of rotatable bonds is 4. The van der Waals surface area contributed by atoms with E-state index < -0.39 is 17.5 Å². The molecule has 0 atom stereocenters. The molecule has 0 amide bonds. The predicted molar refractivity (Wildman–Crippen MR) is 94.0 cm³/mol. The van der Waals surface area contributed by atoms with Crippen LogP contribution in [-0.2, 0) is 0 Å². The van der Waals surface area contributed by atoms with Crippen LogP contribution in [-0.4, -0.2) is 31.7 Å². The predicted octanol–water partition coefficient (Wildman–Crippen LogP) is 4.80. The molecular weight excluding hydrogens is 404 g/mol. The lowest BCUT2D eigenvalue weighted by molar-refractivity contribution is -0.0689. The average molecular weight is 413 g/mol. The molecule has 3 aromatic rings. The lowest BCUT2D eigenvalue weighted by atomic mass is 10.0. The lowest BCUT2D eigenvalue weighted by Gasteiger charge is -2.13. The van der Waals surface area contributed by atoms with Gasteiger partial charge in [-0.15, -0.1) is 0 Å². The second kappa shape index (κ2) is 7.50. The molecule has 0 saturated heterocycles. The van der Waals surface area contributed by atoms with Crippen LogP contribution in [0.1, 0.15) is 15.9 Å². The van der Waals surface area contributed by atoms with Crippen LogP contribution in [0.15, 0.2) is 55.3 Å². The third kappa shape index (κ3) is 4.53. The van der Waals surface area contributed by atoms with Crippen molar-refractivity contribution in [2.24, 2.45) is 0 Å². The first kappa shape index (κ1) is 19.1. The zero-order chi connectivity index (χ0) is 19.6. The van der Waals surface area contributed by atoms with Gasteiger partial charge in [0.1, 0.15) is 12.7 Å². The van der Waals surface area contributed by atoms with E-state index >= 15 is 0 Å². The van der Waals surface area contributed by atoms with E-state index in [-0.39, 0.29) is 21.2 Å². The Balaban J connectivity index is 1.96. The van der Waals surface area contributed by atoms with E-state index in [2.05, 4.69) is 15.1 Å². The molecule has 0 bridgehead atoms. The molecule has 2 heterocycles. The number of ketones is 1. The number of aromatic nitrogens is 4. The quantitative estimate of drug-likeness (QED) is 0.456. The SMILES string of the molecule is O=C(C=C(c1cc(Cl)cc(Cl)c1)C(F)(F)F)c1ccc(-n2cncn2)nc1. The molecule has 138 valence electrons. The number of carbonyl (C=O) groups is 1. The Hall–Kier alpha value is -2.71. The van der Waals surface area contributed by atoms with Crippen molar-refractivity contribution in [3.63, 3.8) is 0 Å². The van der Waals surface area contributed by atoms with Crippen molar-refractivity contribution in [2.45, 2.75) is 6.18 Å². The molecule has 27 heavy (non-hydrogen) atoms.